The maximum absolute atomic E-state index is 12.4. The summed E-state index contributed by atoms with van der Waals surface area (Å²) in [5.41, 5.74) is 3.10. The Balaban J connectivity index is 1.61. The number of aryl methyl sites for hydroxylation is 1. The van der Waals surface area contributed by atoms with Crippen LogP contribution in [-0.2, 0) is 6.42 Å². The van der Waals surface area contributed by atoms with Crippen molar-refractivity contribution < 1.29 is 14.3 Å². The molecule has 0 saturated carbocycles. The monoisotopic (exact) mass is 309 g/mol. The maximum Gasteiger partial charge on any atom is 0.251 e. The van der Waals surface area contributed by atoms with Crippen molar-refractivity contribution >= 4 is 5.91 Å². The molecule has 0 aromatic heterocycles. The van der Waals surface area contributed by atoms with Gasteiger partial charge in [-0.3, -0.25) is 4.79 Å². The van der Waals surface area contributed by atoms with Gasteiger partial charge >= 0.3 is 0 Å². The number of nitrogens with one attached hydrogen (secondary N) is 1. The molecule has 1 aliphatic heterocycles. The summed E-state index contributed by atoms with van der Waals surface area (Å²) in [7, 11) is 0. The molecule has 1 unspecified atom stereocenters. The van der Waals surface area contributed by atoms with Gasteiger partial charge in [0.05, 0.1) is 6.04 Å². The van der Waals surface area contributed by atoms with Gasteiger partial charge in [0.2, 0.25) is 0 Å². The first-order valence-electron chi connectivity index (χ1n) is 8.09. The Morgan fingerprint density at radius 1 is 1.04 bits per heavy atom. The molecule has 118 valence electrons. The van der Waals surface area contributed by atoms with Gasteiger partial charge in [-0.15, -0.1) is 0 Å². The molecule has 2 aliphatic rings. The highest BCUT2D eigenvalue weighted by atomic mass is 16.6. The molecule has 0 bridgehead atoms. The van der Waals surface area contributed by atoms with Crippen molar-refractivity contribution in [3.05, 3.63) is 59.2 Å². The summed E-state index contributed by atoms with van der Waals surface area (Å²) in [6.07, 6.45) is 3.03. The second-order valence-electron chi connectivity index (χ2n) is 5.98. The van der Waals surface area contributed by atoms with Crippen molar-refractivity contribution in [3.63, 3.8) is 0 Å². The topological polar surface area (TPSA) is 47.6 Å². The van der Waals surface area contributed by atoms with Crippen LogP contribution in [0.4, 0.5) is 0 Å². The fourth-order valence-electron chi connectivity index (χ4n) is 3.32. The Hall–Kier alpha value is -2.49. The van der Waals surface area contributed by atoms with Gasteiger partial charge in [-0.05, 0) is 54.7 Å². The van der Waals surface area contributed by atoms with Crippen molar-refractivity contribution in [2.75, 3.05) is 13.2 Å². The van der Waals surface area contributed by atoms with E-state index >= 15 is 0 Å². The molecule has 4 heteroatoms. The number of ether oxygens (including phenoxy) is 2. The zero-order valence-corrected chi connectivity index (χ0v) is 12.9. The largest absolute Gasteiger partial charge is 0.486 e. The maximum atomic E-state index is 12.4. The third kappa shape index (κ3) is 2.77. The SMILES string of the molecule is O=C(NC1CCCc2cc3c(cc21)OCCO3)c1ccccc1. The molecule has 0 saturated heterocycles. The van der Waals surface area contributed by atoms with Gasteiger partial charge in [0.1, 0.15) is 13.2 Å². The van der Waals surface area contributed by atoms with Gasteiger partial charge in [0, 0.05) is 5.56 Å². The second kappa shape index (κ2) is 5.95. The van der Waals surface area contributed by atoms with Crippen LogP contribution >= 0.6 is 0 Å². The Labute approximate surface area is 135 Å². The average Bonchev–Trinajstić information content (AvgIpc) is 2.61. The van der Waals surface area contributed by atoms with Crippen LogP contribution in [-0.4, -0.2) is 19.1 Å². The zero-order chi connectivity index (χ0) is 15.6. The lowest BCUT2D eigenvalue weighted by Gasteiger charge is -2.29. The van der Waals surface area contributed by atoms with E-state index in [4.69, 9.17) is 9.47 Å². The van der Waals surface area contributed by atoms with E-state index in [0.29, 0.717) is 18.8 Å². The Morgan fingerprint density at radius 2 is 1.78 bits per heavy atom. The number of hydrogen-bond donors (Lipinski definition) is 1. The minimum absolute atomic E-state index is 0.0293. The molecule has 0 fully saturated rings. The number of carbonyl (C=O) groups is 1. The summed E-state index contributed by atoms with van der Waals surface area (Å²) in [6, 6.07) is 13.5. The van der Waals surface area contributed by atoms with Crippen LogP contribution in [0, 0.1) is 0 Å². The van der Waals surface area contributed by atoms with Gasteiger partial charge in [-0.1, -0.05) is 18.2 Å². The predicted octanol–water partition coefficient (Wildman–Crippen LogP) is 3.27. The third-order valence-electron chi connectivity index (χ3n) is 4.46. The molecule has 2 aromatic carbocycles. The van der Waals surface area contributed by atoms with Crippen LogP contribution in [0.5, 0.6) is 11.5 Å². The first-order valence-corrected chi connectivity index (χ1v) is 8.09. The highest BCUT2D eigenvalue weighted by molar-refractivity contribution is 5.94. The lowest BCUT2D eigenvalue weighted by Crippen LogP contribution is -2.31. The number of benzene rings is 2. The molecule has 4 nitrogen and oxygen atoms in total. The van der Waals surface area contributed by atoms with Crippen molar-refractivity contribution in [1.82, 2.24) is 5.32 Å². The molecule has 2 aromatic rings. The van der Waals surface area contributed by atoms with Gasteiger partial charge < -0.3 is 14.8 Å². The molecular formula is C19H19NO3. The molecule has 0 spiro atoms. The number of amides is 1. The van der Waals surface area contributed by atoms with E-state index in [0.717, 1.165) is 36.3 Å². The first kappa shape index (κ1) is 14.1. The Morgan fingerprint density at radius 3 is 2.57 bits per heavy atom. The molecule has 1 N–H and O–H groups in total. The summed E-state index contributed by atoms with van der Waals surface area (Å²) in [6.45, 7) is 1.17. The molecule has 0 radical (unpaired) electrons. The molecule has 1 heterocycles. The lowest BCUT2D eigenvalue weighted by atomic mass is 9.87. The molecular weight excluding hydrogens is 290 g/mol. The molecule has 1 aliphatic carbocycles. The summed E-state index contributed by atoms with van der Waals surface area (Å²) in [5, 5.41) is 3.16. The van der Waals surface area contributed by atoms with Crippen LogP contribution in [0.25, 0.3) is 0 Å². The van der Waals surface area contributed by atoms with E-state index in [1.807, 2.05) is 36.4 Å². The van der Waals surface area contributed by atoms with Gasteiger partial charge in [-0.25, -0.2) is 0 Å². The number of rotatable bonds is 2. The Kier molecular flexibility index (Phi) is 3.66. The fourth-order valence-corrected chi connectivity index (χ4v) is 3.32. The summed E-state index contributed by atoms with van der Waals surface area (Å²) in [4.78, 5) is 12.4. The van der Waals surface area contributed by atoms with E-state index in [1.165, 1.54) is 5.56 Å². The van der Waals surface area contributed by atoms with Crippen LogP contribution in [0.15, 0.2) is 42.5 Å². The fraction of sp³-hybridized carbons (Fsp3) is 0.316. The summed E-state index contributed by atoms with van der Waals surface area (Å²) in [5.74, 6) is 1.58. The van der Waals surface area contributed by atoms with Gasteiger partial charge in [0.25, 0.3) is 5.91 Å². The minimum atomic E-state index is -0.0293. The average molecular weight is 309 g/mol. The van der Waals surface area contributed by atoms with E-state index in [-0.39, 0.29) is 11.9 Å². The van der Waals surface area contributed by atoms with Crippen molar-refractivity contribution in [1.29, 1.82) is 0 Å². The molecule has 4 rings (SSSR count). The van der Waals surface area contributed by atoms with E-state index in [9.17, 15) is 4.79 Å². The summed E-state index contributed by atoms with van der Waals surface area (Å²) >= 11 is 0. The van der Waals surface area contributed by atoms with E-state index in [1.54, 1.807) is 0 Å². The number of hydrogen-bond acceptors (Lipinski definition) is 3. The standard InChI is InChI=1S/C19H19NO3/c21-19(13-5-2-1-3-6-13)20-16-8-4-7-14-11-17-18(12-15(14)16)23-10-9-22-17/h1-3,5-6,11-12,16H,4,7-10H2,(H,20,21). The minimum Gasteiger partial charge on any atom is -0.486 e. The number of carbonyl (C=O) groups excluding carboxylic acids is 1. The van der Waals surface area contributed by atoms with Crippen LogP contribution in [0.3, 0.4) is 0 Å². The highest BCUT2D eigenvalue weighted by Crippen LogP contribution is 2.39. The molecule has 1 amide bonds. The molecule has 1 atom stereocenters. The first-order chi connectivity index (χ1) is 11.3. The number of fused-ring (bicyclic) bond motifs is 2. The van der Waals surface area contributed by atoms with Gasteiger partial charge in [-0.2, -0.15) is 0 Å². The van der Waals surface area contributed by atoms with Crippen LogP contribution in [0.1, 0.15) is 40.4 Å². The Bertz CT molecular complexity index is 727. The van der Waals surface area contributed by atoms with Gasteiger partial charge in [0.15, 0.2) is 11.5 Å². The third-order valence-corrected chi connectivity index (χ3v) is 4.46. The van der Waals surface area contributed by atoms with Crippen molar-refractivity contribution in [2.24, 2.45) is 0 Å². The summed E-state index contributed by atoms with van der Waals surface area (Å²) < 4.78 is 11.4. The normalized spacial score (nSPS) is 18.9. The highest BCUT2D eigenvalue weighted by Gasteiger charge is 2.25. The van der Waals surface area contributed by atoms with E-state index < -0.39 is 0 Å². The molecule has 23 heavy (non-hydrogen) atoms. The predicted molar refractivity (Wildman–Crippen MR) is 87.0 cm³/mol. The smallest absolute Gasteiger partial charge is 0.251 e. The zero-order valence-electron chi connectivity index (χ0n) is 12.9. The van der Waals surface area contributed by atoms with Crippen molar-refractivity contribution in [2.45, 2.75) is 25.3 Å². The second-order valence-corrected chi connectivity index (χ2v) is 5.98. The quantitative estimate of drug-likeness (QED) is 0.926. The van der Waals surface area contributed by atoms with Crippen molar-refractivity contribution in [3.8, 4) is 11.5 Å². The lowest BCUT2D eigenvalue weighted by molar-refractivity contribution is 0.0932. The van der Waals surface area contributed by atoms with Crippen LogP contribution < -0.4 is 14.8 Å². The van der Waals surface area contributed by atoms with Crippen LogP contribution in [0.2, 0.25) is 0 Å². The van der Waals surface area contributed by atoms with E-state index in [2.05, 4.69) is 11.4 Å².